The number of hydrogen-bond acceptors (Lipinski definition) is 11. The van der Waals surface area contributed by atoms with E-state index >= 15 is 0 Å². The first-order chi connectivity index (χ1) is 25.3. The second-order valence-electron chi connectivity index (χ2n) is 12.8. The van der Waals surface area contributed by atoms with Gasteiger partial charge >= 0.3 is 0 Å². The van der Waals surface area contributed by atoms with Crippen molar-refractivity contribution in [2.75, 3.05) is 5.32 Å². The van der Waals surface area contributed by atoms with Crippen LogP contribution in [0.4, 0.5) is 5.69 Å². The van der Waals surface area contributed by atoms with Gasteiger partial charge in [-0.2, -0.15) is 10.2 Å². The third-order valence-electron chi connectivity index (χ3n) is 9.39. The van der Waals surface area contributed by atoms with Crippen LogP contribution in [0.5, 0.6) is 17.4 Å². The zero-order chi connectivity index (χ0) is 35.8. The summed E-state index contributed by atoms with van der Waals surface area (Å²) in [7, 11) is 0. The molecule has 8 rings (SSSR count). The van der Waals surface area contributed by atoms with Gasteiger partial charge < -0.3 is 14.8 Å². The Kier molecular flexibility index (Phi) is 8.47. The number of rotatable bonds is 11. The summed E-state index contributed by atoms with van der Waals surface area (Å²) in [6.07, 6.45) is 6.77. The largest absolute Gasteiger partial charge is 0.490 e. The van der Waals surface area contributed by atoms with E-state index in [2.05, 4.69) is 37.6 Å². The van der Waals surface area contributed by atoms with Crippen molar-refractivity contribution in [2.45, 2.75) is 49.8 Å². The van der Waals surface area contributed by atoms with Crippen molar-refractivity contribution in [3.8, 4) is 23.2 Å². The number of imide groups is 2. The predicted molar refractivity (Wildman–Crippen MR) is 186 cm³/mol. The molecule has 52 heavy (non-hydrogen) atoms. The molecule has 1 saturated heterocycles. The van der Waals surface area contributed by atoms with Gasteiger partial charge in [0, 0.05) is 43.0 Å². The van der Waals surface area contributed by atoms with E-state index in [-0.39, 0.29) is 42.0 Å². The van der Waals surface area contributed by atoms with Gasteiger partial charge in [0.2, 0.25) is 17.7 Å². The van der Waals surface area contributed by atoms with Crippen molar-refractivity contribution in [3.05, 3.63) is 126 Å². The van der Waals surface area contributed by atoms with Gasteiger partial charge in [0.15, 0.2) is 5.82 Å². The van der Waals surface area contributed by atoms with Gasteiger partial charge in [-0.25, -0.2) is 0 Å². The Hall–Kier alpha value is -6.70. The number of nitrogens with one attached hydrogen (secondary N) is 2. The molecule has 4 amide bonds. The van der Waals surface area contributed by atoms with Crippen LogP contribution in [-0.2, 0) is 9.59 Å². The van der Waals surface area contributed by atoms with Gasteiger partial charge in [-0.05, 0) is 66.1 Å². The first-order valence-corrected chi connectivity index (χ1v) is 16.8. The van der Waals surface area contributed by atoms with E-state index in [1.165, 1.54) is 4.80 Å². The SMILES string of the molecule is C=CC(c1ccc(Oc2ccc(-n3nccn3)nn2)cc1)c1ccc(O[C@H]2C[C@H](Nc3ccc4c(c3)C(=O)N(C3CCC(=O)NC3=O)C4=O)C2)cc1. The minimum absolute atomic E-state index is 0.0230. The maximum absolute atomic E-state index is 13.2. The molecule has 2 atom stereocenters. The smallest absolute Gasteiger partial charge is 0.262 e. The fourth-order valence-corrected chi connectivity index (χ4v) is 6.66. The lowest BCUT2D eigenvalue weighted by Crippen LogP contribution is -2.54. The molecule has 1 saturated carbocycles. The maximum Gasteiger partial charge on any atom is 0.262 e. The zero-order valence-electron chi connectivity index (χ0n) is 27.7. The highest BCUT2D eigenvalue weighted by molar-refractivity contribution is 6.23. The van der Waals surface area contributed by atoms with E-state index in [9.17, 15) is 19.2 Å². The monoisotopic (exact) mass is 696 g/mol. The van der Waals surface area contributed by atoms with Crippen LogP contribution < -0.4 is 20.1 Å². The first-order valence-electron chi connectivity index (χ1n) is 16.8. The zero-order valence-corrected chi connectivity index (χ0v) is 27.7. The van der Waals surface area contributed by atoms with Crippen molar-refractivity contribution in [3.63, 3.8) is 0 Å². The second kappa shape index (κ2) is 13.5. The summed E-state index contributed by atoms with van der Waals surface area (Å²) >= 11 is 0. The average Bonchev–Trinajstić information content (AvgIpc) is 3.76. The standard InChI is InChI=1S/C38H32N8O6/c1-2-29(23-5-10-27(11-6-23)52-35-16-14-33(43-44-35)46-39-17-18-40-46)22-3-8-26(9-4-22)51-28-19-25(20-28)41-24-7-12-30-31(21-24)38(50)45(37(30)49)32-13-15-34(47)42-36(32)48/h2-12,14,16-18,21,25,28-29,32,41H,1,13,15,19-20H2,(H,42,47,48)/t25-,28-,29?,32?. The average molecular weight is 697 g/mol. The van der Waals surface area contributed by atoms with Crippen molar-refractivity contribution in [1.29, 1.82) is 0 Å². The Morgan fingerprint density at radius 3 is 2.17 bits per heavy atom. The summed E-state index contributed by atoms with van der Waals surface area (Å²) in [6.45, 7) is 4.06. The number of nitrogens with zero attached hydrogens (tertiary/aromatic N) is 6. The fourth-order valence-electron chi connectivity index (χ4n) is 6.66. The number of benzene rings is 3. The van der Waals surface area contributed by atoms with E-state index in [0.717, 1.165) is 34.6 Å². The number of carbonyl (C=O) groups is 4. The molecule has 1 aliphatic carbocycles. The van der Waals surface area contributed by atoms with Crippen LogP contribution in [0.3, 0.4) is 0 Å². The van der Waals surface area contributed by atoms with Crippen LogP contribution in [0, 0.1) is 0 Å². The molecule has 2 fully saturated rings. The van der Waals surface area contributed by atoms with Gasteiger partial charge in [0.1, 0.15) is 23.6 Å². The van der Waals surface area contributed by atoms with Gasteiger partial charge in [0.25, 0.3) is 11.8 Å². The second-order valence-corrected chi connectivity index (χ2v) is 12.8. The van der Waals surface area contributed by atoms with Crippen LogP contribution >= 0.6 is 0 Å². The Morgan fingerprint density at radius 1 is 0.827 bits per heavy atom. The van der Waals surface area contributed by atoms with Gasteiger partial charge in [0.05, 0.1) is 23.5 Å². The molecular weight excluding hydrogens is 664 g/mol. The van der Waals surface area contributed by atoms with Crippen LogP contribution in [0.25, 0.3) is 5.82 Å². The number of fused-ring (bicyclic) bond motifs is 1. The lowest BCUT2D eigenvalue weighted by atomic mass is 9.88. The minimum atomic E-state index is -0.992. The Bertz CT molecular complexity index is 2160. The number of anilines is 1. The molecule has 4 heterocycles. The number of ether oxygens (including phenoxy) is 2. The van der Waals surface area contributed by atoms with E-state index in [4.69, 9.17) is 9.47 Å². The normalized spacial score (nSPS) is 20.1. The summed E-state index contributed by atoms with van der Waals surface area (Å²) < 4.78 is 12.1. The van der Waals surface area contributed by atoms with Gasteiger partial charge in [-0.3, -0.25) is 29.4 Å². The highest BCUT2D eigenvalue weighted by Crippen LogP contribution is 2.34. The summed E-state index contributed by atoms with van der Waals surface area (Å²) in [6, 6.07) is 23.3. The predicted octanol–water partition coefficient (Wildman–Crippen LogP) is 4.59. The number of amides is 4. The summed E-state index contributed by atoms with van der Waals surface area (Å²) in [5.74, 6) is 0.111. The molecule has 2 unspecified atom stereocenters. The molecule has 2 aliphatic heterocycles. The lowest BCUT2D eigenvalue weighted by molar-refractivity contribution is -0.136. The molecule has 3 aliphatic rings. The molecule has 0 spiro atoms. The quantitative estimate of drug-likeness (QED) is 0.146. The van der Waals surface area contributed by atoms with Gasteiger partial charge in [-0.1, -0.05) is 30.3 Å². The molecular formula is C38H32N8O6. The highest BCUT2D eigenvalue weighted by atomic mass is 16.5. The van der Waals surface area contributed by atoms with Crippen molar-refractivity contribution in [1.82, 2.24) is 35.4 Å². The fraction of sp³-hybridized carbons (Fsp3) is 0.211. The third kappa shape index (κ3) is 6.37. The van der Waals surface area contributed by atoms with Crippen molar-refractivity contribution in [2.24, 2.45) is 0 Å². The van der Waals surface area contributed by atoms with Crippen molar-refractivity contribution < 1.29 is 28.7 Å². The maximum atomic E-state index is 13.2. The van der Waals surface area contributed by atoms with Gasteiger partial charge in [-0.15, -0.1) is 21.6 Å². The van der Waals surface area contributed by atoms with E-state index in [1.807, 2.05) is 54.6 Å². The topological polar surface area (TPSA) is 171 Å². The first kappa shape index (κ1) is 32.5. The Balaban J connectivity index is 0.829. The number of aromatic nitrogens is 5. The third-order valence-corrected chi connectivity index (χ3v) is 9.39. The van der Waals surface area contributed by atoms with Crippen molar-refractivity contribution >= 4 is 29.3 Å². The van der Waals surface area contributed by atoms with Crippen LogP contribution in [0.1, 0.15) is 63.4 Å². The lowest BCUT2D eigenvalue weighted by Gasteiger charge is -2.36. The number of allylic oxidation sites excluding steroid dienone is 1. The Morgan fingerprint density at radius 2 is 1.52 bits per heavy atom. The van der Waals surface area contributed by atoms with E-state index < -0.39 is 29.7 Å². The molecule has 0 radical (unpaired) electrons. The summed E-state index contributed by atoms with van der Waals surface area (Å²) in [5.41, 5.74) is 3.32. The minimum Gasteiger partial charge on any atom is -0.490 e. The molecule has 2 N–H and O–H groups in total. The molecule has 5 aromatic rings. The van der Waals surface area contributed by atoms with E-state index in [0.29, 0.717) is 23.1 Å². The van der Waals surface area contributed by atoms with Crippen LogP contribution in [0.2, 0.25) is 0 Å². The number of carbonyl (C=O) groups excluding carboxylic acids is 4. The van der Waals surface area contributed by atoms with Crippen LogP contribution in [0.15, 0.2) is 104 Å². The molecule has 3 aromatic carbocycles. The van der Waals surface area contributed by atoms with Crippen LogP contribution in [-0.4, -0.2) is 71.9 Å². The molecule has 14 nitrogen and oxygen atoms in total. The highest BCUT2D eigenvalue weighted by Gasteiger charge is 2.44. The molecule has 0 bridgehead atoms. The summed E-state index contributed by atoms with van der Waals surface area (Å²) in [4.78, 5) is 52.4. The summed E-state index contributed by atoms with van der Waals surface area (Å²) in [5, 5.41) is 21.9. The molecule has 14 heteroatoms. The molecule has 2 aromatic heterocycles. The number of hydrogen-bond donors (Lipinski definition) is 2. The Labute approximate surface area is 297 Å². The van der Waals surface area contributed by atoms with E-state index in [1.54, 1.807) is 42.7 Å². The molecule has 260 valence electrons. The number of piperidine rings is 1.